The van der Waals surface area contributed by atoms with Crippen molar-refractivity contribution in [3.63, 3.8) is 0 Å². The number of nitrogens with zero attached hydrogens (tertiary/aromatic N) is 4. The number of halogens is 1. The van der Waals surface area contributed by atoms with Gasteiger partial charge in [0.25, 0.3) is 0 Å². The Morgan fingerprint density at radius 3 is 2.66 bits per heavy atom. The van der Waals surface area contributed by atoms with Gasteiger partial charge in [-0.15, -0.1) is 0 Å². The fourth-order valence-corrected chi connectivity index (χ4v) is 4.00. The lowest BCUT2D eigenvalue weighted by Gasteiger charge is -2.16. The molecule has 154 valence electrons. The van der Waals surface area contributed by atoms with Crippen LogP contribution in [0, 0.1) is 0 Å². The van der Waals surface area contributed by atoms with E-state index in [4.69, 9.17) is 26.2 Å². The van der Waals surface area contributed by atoms with E-state index in [1.54, 1.807) is 6.07 Å². The number of benzene rings is 1. The van der Waals surface area contributed by atoms with Crippen LogP contribution in [-0.4, -0.2) is 40.0 Å². The number of fused-ring (bicyclic) bond motifs is 1. The standard InChI is InChI=1S/C21H27ClN4O2Si/c1-21(7-8-21)28-15-5-6-17-16(11-15)20(18-12-19(22)24-13-23-18)26(25-17)14-27-9-10-29(2,3)4/h5-6,11-13H,7-10,14H2,1-4H3. The molecule has 2 aromatic heterocycles. The zero-order valence-corrected chi connectivity index (χ0v) is 19.2. The lowest BCUT2D eigenvalue weighted by molar-refractivity contribution is 0.0802. The van der Waals surface area contributed by atoms with Crippen molar-refractivity contribution in [1.29, 1.82) is 0 Å². The Bertz CT molecular complexity index is 1030. The molecular formula is C21H27ClN4O2Si. The molecule has 4 rings (SSSR count). The highest BCUT2D eigenvalue weighted by Gasteiger charge is 2.40. The summed E-state index contributed by atoms with van der Waals surface area (Å²) in [7, 11) is -1.15. The van der Waals surface area contributed by atoms with E-state index in [2.05, 4.69) is 36.5 Å². The van der Waals surface area contributed by atoms with Crippen molar-refractivity contribution in [3.05, 3.63) is 35.7 Å². The molecule has 1 aliphatic carbocycles. The Hall–Kier alpha value is -1.96. The number of hydrogen-bond donors (Lipinski definition) is 0. The largest absolute Gasteiger partial charge is 0.488 e. The van der Waals surface area contributed by atoms with Crippen LogP contribution < -0.4 is 4.74 Å². The molecule has 8 heteroatoms. The van der Waals surface area contributed by atoms with Crippen molar-refractivity contribution in [1.82, 2.24) is 19.7 Å². The van der Waals surface area contributed by atoms with Crippen molar-refractivity contribution in [3.8, 4) is 17.1 Å². The van der Waals surface area contributed by atoms with Crippen LogP contribution in [0.4, 0.5) is 0 Å². The first-order valence-electron chi connectivity index (χ1n) is 9.98. The van der Waals surface area contributed by atoms with Crippen LogP contribution in [0.15, 0.2) is 30.6 Å². The molecule has 3 aromatic rings. The monoisotopic (exact) mass is 430 g/mol. The molecule has 0 spiro atoms. The van der Waals surface area contributed by atoms with E-state index in [9.17, 15) is 0 Å². The van der Waals surface area contributed by atoms with Gasteiger partial charge in [0.05, 0.1) is 16.9 Å². The third kappa shape index (κ3) is 4.97. The molecule has 0 saturated heterocycles. The van der Waals surface area contributed by atoms with Gasteiger partial charge in [-0.1, -0.05) is 31.2 Å². The summed E-state index contributed by atoms with van der Waals surface area (Å²) >= 11 is 6.14. The Kier molecular flexibility index (Phi) is 5.39. The molecule has 29 heavy (non-hydrogen) atoms. The molecule has 0 unspecified atom stereocenters. The van der Waals surface area contributed by atoms with E-state index in [1.807, 2.05) is 22.9 Å². The Morgan fingerprint density at radius 1 is 1.17 bits per heavy atom. The van der Waals surface area contributed by atoms with E-state index in [0.29, 0.717) is 11.9 Å². The molecular weight excluding hydrogens is 404 g/mol. The fraction of sp³-hybridized carbons (Fsp3) is 0.476. The second-order valence-corrected chi connectivity index (χ2v) is 15.2. The van der Waals surface area contributed by atoms with Gasteiger partial charge < -0.3 is 9.47 Å². The molecule has 1 saturated carbocycles. The van der Waals surface area contributed by atoms with E-state index in [-0.39, 0.29) is 5.60 Å². The van der Waals surface area contributed by atoms with Crippen LogP contribution in [0.3, 0.4) is 0 Å². The van der Waals surface area contributed by atoms with E-state index in [0.717, 1.165) is 53.5 Å². The lowest BCUT2D eigenvalue weighted by Crippen LogP contribution is -2.22. The van der Waals surface area contributed by atoms with Crippen molar-refractivity contribution in [2.24, 2.45) is 0 Å². The van der Waals surface area contributed by atoms with Gasteiger partial charge in [-0.25, -0.2) is 14.6 Å². The van der Waals surface area contributed by atoms with Gasteiger partial charge in [0.15, 0.2) is 0 Å². The molecule has 6 nitrogen and oxygen atoms in total. The zero-order valence-electron chi connectivity index (χ0n) is 17.4. The summed E-state index contributed by atoms with van der Waals surface area (Å²) in [6, 6.07) is 8.87. The quantitative estimate of drug-likeness (QED) is 0.272. The molecule has 1 fully saturated rings. The summed E-state index contributed by atoms with van der Waals surface area (Å²) in [6.45, 7) is 10.3. The van der Waals surface area contributed by atoms with Crippen molar-refractivity contribution < 1.29 is 9.47 Å². The maximum Gasteiger partial charge on any atom is 0.140 e. The van der Waals surface area contributed by atoms with Crippen LogP contribution in [-0.2, 0) is 11.5 Å². The van der Waals surface area contributed by atoms with E-state index in [1.165, 1.54) is 6.33 Å². The smallest absolute Gasteiger partial charge is 0.140 e. The minimum absolute atomic E-state index is 0.0397. The summed E-state index contributed by atoms with van der Waals surface area (Å²) in [6.07, 6.45) is 3.64. The summed E-state index contributed by atoms with van der Waals surface area (Å²) in [5.41, 5.74) is 2.42. The predicted molar refractivity (Wildman–Crippen MR) is 118 cm³/mol. The van der Waals surface area contributed by atoms with Crippen molar-refractivity contribution >= 4 is 30.6 Å². The maximum atomic E-state index is 6.16. The Balaban J connectivity index is 1.68. The van der Waals surface area contributed by atoms with Crippen LogP contribution in [0.1, 0.15) is 19.8 Å². The normalized spacial score (nSPS) is 15.6. The van der Waals surface area contributed by atoms with E-state index >= 15 is 0 Å². The van der Waals surface area contributed by atoms with Crippen LogP contribution in [0.5, 0.6) is 5.75 Å². The van der Waals surface area contributed by atoms with Crippen LogP contribution in [0.25, 0.3) is 22.3 Å². The highest BCUT2D eigenvalue weighted by atomic mass is 35.5. The first kappa shape index (κ1) is 20.3. The zero-order chi connectivity index (χ0) is 20.6. The van der Waals surface area contributed by atoms with Gasteiger partial charge in [-0.2, -0.15) is 5.10 Å². The average Bonchev–Trinajstić information content (AvgIpc) is 3.25. The second-order valence-electron chi connectivity index (χ2n) is 9.15. The molecule has 0 atom stereocenters. The second kappa shape index (κ2) is 7.70. The summed E-state index contributed by atoms with van der Waals surface area (Å²) in [4.78, 5) is 8.44. The first-order valence-corrected chi connectivity index (χ1v) is 14.1. The summed E-state index contributed by atoms with van der Waals surface area (Å²) < 4.78 is 14.0. The molecule has 1 aliphatic rings. The molecule has 0 aliphatic heterocycles. The minimum atomic E-state index is -1.15. The lowest BCUT2D eigenvalue weighted by atomic mass is 10.1. The third-order valence-corrected chi connectivity index (χ3v) is 7.03. The topological polar surface area (TPSA) is 62.1 Å². The number of ether oxygens (including phenoxy) is 2. The van der Waals surface area contributed by atoms with Gasteiger partial charge >= 0.3 is 0 Å². The van der Waals surface area contributed by atoms with Crippen molar-refractivity contribution in [2.75, 3.05) is 6.61 Å². The summed E-state index contributed by atoms with van der Waals surface area (Å²) in [5, 5.41) is 6.11. The van der Waals surface area contributed by atoms with Crippen LogP contribution in [0.2, 0.25) is 30.8 Å². The van der Waals surface area contributed by atoms with E-state index < -0.39 is 8.07 Å². The highest BCUT2D eigenvalue weighted by molar-refractivity contribution is 6.76. The Morgan fingerprint density at radius 2 is 1.97 bits per heavy atom. The molecule has 0 N–H and O–H groups in total. The van der Waals surface area contributed by atoms with Gasteiger partial charge in [0.2, 0.25) is 0 Å². The molecule has 0 amide bonds. The predicted octanol–water partition coefficient (Wildman–Crippen LogP) is 5.39. The Labute approximate surface area is 177 Å². The maximum absolute atomic E-state index is 6.16. The van der Waals surface area contributed by atoms with Gasteiger partial charge in [-0.3, -0.25) is 0 Å². The number of rotatable bonds is 8. The minimum Gasteiger partial charge on any atom is -0.488 e. The number of aromatic nitrogens is 4. The molecule has 2 heterocycles. The van der Waals surface area contributed by atoms with Gasteiger partial charge in [0, 0.05) is 26.1 Å². The average molecular weight is 431 g/mol. The fourth-order valence-electron chi connectivity index (χ4n) is 3.09. The van der Waals surface area contributed by atoms with Crippen molar-refractivity contribution in [2.45, 2.75) is 57.8 Å². The van der Waals surface area contributed by atoms with Gasteiger partial charge in [0.1, 0.15) is 29.6 Å². The molecule has 0 radical (unpaired) electrons. The summed E-state index contributed by atoms with van der Waals surface area (Å²) in [5.74, 6) is 0.845. The number of hydrogen-bond acceptors (Lipinski definition) is 5. The highest BCUT2D eigenvalue weighted by Crippen LogP contribution is 2.40. The first-order chi connectivity index (χ1) is 13.7. The molecule has 0 bridgehead atoms. The SMILES string of the molecule is CC1(Oc2ccc3nn(COCC[Si](C)(C)C)c(-c4cc(Cl)ncn4)c3c2)CC1. The third-order valence-electron chi connectivity index (χ3n) is 5.11. The van der Waals surface area contributed by atoms with Crippen LogP contribution >= 0.6 is 11.6 Å². The molecule has 1 aromatic carbocycles. The van der Waals surface area contributed by atoms with Gasteiger partial charge in [-0.05, 0) is 44.0 Å².